The van der Waals surface area contributed by atoms with Crippen molar-refractivity contribution < 1.29 is 14.8 Å². The molecule has 0 aromatic heterocycles. The van der Waals surface area contributed by atoms with Crippen molar-refractivity contribution in [3.05, 3.63) is 97.1 Å². The SMILES string of the molecule is O=[N+]([O-])c1cc(-c2ccccc2)c(-c2ccccc2)c([N+](=O)[O-])c1[N+](=O)[O-]. The quantitative estimate of drug-likeness (QED) is 0.474. The number of nitrogens with zero attached hydrogens (tertiary/aromatic N) is 3. The lowest BCUT2D eigenvalue weighted by Gasteiger charge is -2.11. The Bertz CT molecular complexity index is 1050. The van der Waals surface area contributed by atoms with E-state index >= 15 is 0 Å². The van der Waals surface area contributed by atoms with Gasteiger partial charge in [0.05, 0.1) is 20.3 Å². The molecule has 3 rings (SSSR count). The minimum atomic E-state index is -1.14. The zero-order valence-electron chi connectivity index (χ0n) is 13.6. The van der Waals surface area contributed by atoms with Crippen LogP contribution >= 0.6 is 0 Å². The number of hydrogen-bond acceptors (Lipinski definition) is 6. The second-order valence-corrected chi connectivity index (χ2v) is 5.52. The Balaban J connectivity index is 2.55. The summed E-state index contributed by atoms with van der Waals surface area (Å²) in [4.78, 5) is 31.6. The van der Waals surface area contributed by atoms with E-state index in [1.54, 1.807) is 60.7 Å². The molecule has 27 heavy (non-hydrogen) atoms. The summed E-state index contributed by atoms with van der Waals surface area (Å²) in [5, 5.41) is 34.6. The zero-order chi connectivity index (χ0) is 19.6. The van der Waals surface area contributed by atoms with E-state index in [4.69, 9.17) is 0 Å². The molecule has 0 heterocycles. The van der Waals surface area contributed by atoms with Crippen LogP contribution in [0.3, 0.4) is 0 Å². The number of nitro benzene ring substituents is 3. The fourth-order valence-corrected chi connectivity index (χ4v) is 2.88. The van der Waals surface area contributed by atoms with E-state index in [9.17, 15) is 30.3 Å². The van der Waals surface area contributed by atoms with Gasteiger partial charge in [0.15, 0.2) is 0 Å². The fraction of sp³-hybridized carbons (Fsp3) is 0. The first-order valence-corrected chi connectivity index (χ1v) is 7.66. The van der Waals surface area contributed by atoms with Gasteiger partial charge in [-0.15, -0.1) is 0 Å². The summed E-state index contributed by atoms with van der Waals surface area (Å²) in [5.41, 5.74) is -2.01. The normalized spacial score (nSPS) is 10.4. The van der Waals surface area contributed by atoms with E-state index < -0.39 is 31.8 Å². The summed E-state index contributed by atoms with van der Waals surface area (Å²) < 4.78 is 0. The summed E-state index contributed by atoms with van der Waals surface area (Å²) in [6.07, 6.45) is 0. The van der Waals surface area contributed by atoms with E-state index in [-0.39, 0.29) is 11.1 Å². The predicted octanol–water partition coefficient (Wildman–Crippen LogP) is 4.75. The highest BCUT2D eigenvalue weighted by atomic mass is 16.6. The molecule has 0 spiro atoms. The largest absolute Gasteiger partial charge is 0.423 e. The Labute approximate surface area is 152 Å². The number of nitro groups is 3. The molecule has 0 saturated carbocycles. The topological polar surface area (TPSA) is 129 Å². The maximum atomic E-state index is 11.8. The molecule has 0 N–H and O–H groups in total. The van der Waals surface area contributed by atoms with Gasteiger partial charge in [-0.2, -0.15) is 0 Å². The maximum Gasteiger partial charge on any atom is 0.423 e. The molecule has 134 valence electrons. The molecule has 0 amide bonds. The average molecular weight is 365 g/mol. The number of hydrogen-bond donors (Lipinski definition) is 0. The molecular weight excluding hydrogens is 354 g/mol. The molecule has 0 fully saturated rings. The van der Waals surface area contributed by atoms with Gasteiger partial charge in [0.1, 0.15) is 0 Å². The molecule has 0 atom stereocenters. The first-order chi connectivity index (χ1) is 12.9. The van der Waals surface area contributed by atoms with Gasteiger partial charge in [0.2, 0.25) is 0 Å². The van der Waals surface area contributed by atoms with E-state index in [1.807, 2.05) is 0 Å². The summed E-state index contributed by atoms with van der Waals surface area (Å²) in [6, 6.07) is 17.4. The Morgan fingerprint density at radius 2 is 1.07 bits per heavy atom. The standard InChI is InChI=1S/C18H11N3O6/c22-19(23)15-11-14(12-7-3-1-4-8-12)16(13-9-5-2-6-10-13)18(21(26)27)17(15)20(24)25/h1-11H. The fourth-order valence-electron chi connectivity index (χ4n) is 2.88. The maximum absolute atomic E-state index is 11.8. The minimum absolute atomic E-state index is 0.0379. The molecule has 9 heteroatoms. The minimum Gasteiger partial charge on any atom is -0.258 e. The van der Waals surface area contributed by atoms with Crippen molar-refractivity contribution in [2.75, 3.05) is 0 Å². The molecule has 0 aliphatic heterocycles. The molecule has 0 saturated heterocycles. The van der Waals surface area contributed by atoms with Crippen molar-refractivity contribution in [1.29, 1.82) is 0 Å². The molecule has 0 aliphatic rings. The van der Waals surface area contributed by atoms with Crippen molar-refractivity contribution >= 4 is 17.1 Å². The van der Waals surface area contributed by atoms with Crippen molar-refractivity contribution in [1.82, 2.24) is 0 Å². The van der Waals surface area contributed by atoms with Gasteiger partial charge in [0, 0.05) is 11.6 Å². The lowest BCUT2D eigenvalue weighted by molar-refractivity contribution is -0.440. The van der Waals surface area contributed by atoms with Crippen molar-refractivity contribution in [2.45, 2.75) is 0 Å². The summed E-state index contributed by atoms with van der Waals surface area (Å²) >= 11 is 0. The zero-order valence-corrected chi connectivity index (χ0v) is 13.6. The number of rotatable bonds is 5. The van der Waals surface area contributed by atoms with Gasteiger partial charge in [-0.05, 0) is 11.1 Å². The predicted molar refractivity (Wildman–Crippen MR) is 97.3 cm³/mol. The smallest absolute Gasteiger partial charge is 0.258 e. The molecular formula is C18H11N3O6. The highest BCUT2D eigenvalue weighted by Crippen LogP contribution is 2.48. The van der Waals surface area contributed by atoms with Crippen LogP contribution in [-0.2, 0) is 0 Å². The molecule has 0 aliphatic carbocycles. The molecule has 3 aromatic carbocycles. The summed E-state index contributed by atoms with van der Waals surface area (Å²) in [7, 11) is 0. The third kappa shape index (κ3) is 3.21. The Hall–Kier alpha value is -4.14. The van der Waals surface area contributed by atoms with Crippen LogP contribution in [0.5, 0.6) is 0 Å². The molecule has 0 radical (unpaired) electrons. The second kappa shape index (κ2) is 7.00. The molecule has 0 unspecified atom stereocenters. The lowest BCUT2D eigenvalue weighted by Crippen LogP contribution is -2.05. The first-order valence-electron chi connectivity index (χ1n) is 7.66. The van der Waals surface area contributed by atoms with Crippen molar-refractivity contribution in [3.63, 3.8) is 0 Å². The molecule has 9 nitrogen and oxygen atoms in total. The van der Waals surface area contributed by atoms with E-state index in [0.717, 1.165) is 6.07 Å². The van der Waals surface area contributed by atoms with Crippen molar-refractivity contribution in [2.24, 2.45) is 0 Å². The van der Waals surface area contributed by atoms with E-state index in [1.165, 1.54) is 0 Å². The highest BCUT2D eigenvalue weighted by molar-refractivity contribution is 5.96. The molecule has 0 bridgehead atoms. The Kier molecular flexibility index (Phi) is 4.58. The molecule has 3 aromatic rings. The Morgan fingerprint density at radius 3 is 1.52 bits per heavy atom. The van der Waals surface area contributed by atoms with Crippen LogP contribution in [-0.4, -0.2) is 14.8 Å². The first kappa shape index (κ1) is 17.7. The van der Waals surface area contributed by atoms with Crippen LogP contribution in [0.25, 0.3) is 22.3 Å². The average Bonchev–Trinajstić information content (AvgIpc) is 2.67. The van der Waals surface area contributed by atoms with E-state index in [0.29, 0.717) is 11.1 Å². The van der Waals surface area contributed by atoms with E-state index in [2.05, 4.69) is 0 Å². The van der Waals surface area contributed by atoms with Crippen LogP contribution < -0.4 is 0 Å². The Morgan fingerprint density at radius 1 is 0.593 bits per heavy atom. The lowest BCUT2D eigenvalue weighted by atomic mass is 9.91. The van der Waals surface area contributed by atoms with Crippen LogP contribution in [0.2, 0.25) is 0 Å². The monoisotopic (exact) mass is 365 g/mol. The van der Waals surface area contributed by atoms with Crippen LogP contribution in [0.1, 0.15) is 0 Å². The van der Waals surface area contributed by atoms with Gasteiger partial charge in [-0.3, -0.25) is 30.3 Å². The van der Waals surface area contributed by atoms with Gasteiger partial charge in [-0.1, -0.05) is 60.7 Å². The van der Waals surface area contributed by atoms with Gasteiger partial charge in [-0.25, -0.2) is 0 Å². The third-order valence-corrected chi connectivity index (χ3v) is 3.96. The van der Waals surface area contributed by atoms with Gasteiger partial charge >= 0.3 is 17.1 Å². The van der Waals surface area contributed by atoms with Crippen LogP contribution in [0.15, 0.2) is 66.7 Å². The number of benzene rings is 3. The highest BCUT2D eigenvalue weighted by Gasteiger charge is 2.41. The van der Waals surface area contributed by atoms with Crippen LogP contribution in [0.4, 0.5) is 17.1 Å². The van der Waals surface area contributed by atoms with Crippen LogP contribution in [0, 0.1) is 30.3 Å². The summed E-state index contributed by atoms with van der Waals surface area (Å²) in [5.74, 6) is 0. The third-order valence-electron chi connectivity index (χ3n) is 3.96. The van der Waals surface area contributed by atoms with Gasteiger partial charge in [0.25, 0.3) is 0 Å². The second-order valence-electron chi connectivity index (χ2n) is 5.52. The summed E-state index contributed by atoms with van der Waals surface area (Å²) in [6.45, 7) is 0. The van der Waals surface area contributed by atoms with Crippen molar-refractivity contribution in [3.8, 4) is 22.3 Å². The van der Waals surface area contributed by atoms with Gasteiger partial charge < -0.3 is 0 Å².